The predicted octanol–water partition coefficient (Wildman–Crippen LogP) is 4.24. The average Bonchev–Trinajstić information content (AvgIpc) is 2.53. The number of nitrogens with zero attached hydrogens (tertiary/aromatic N) is 1. The van der Waals surface area contributed by atoms with Crippen molar-refractivity contribution in [2.45, 2.75) is 20.4 Å². The summed E-state index contributed by atoms with van der Waals surface area (Å²) in [6, 6.07) is 16.2. The summed E-state index contributed by atoms with van der Waals surface area (Å²) in [5.74, 6) is -0.300. The summed E-state index contributed by atoms with van der Waals surface area (Å²) in [5.41, 5.74) is 1.43. The largest absolute Gasteiger partial charge is 0.342 e. The molecule has 0 atom stereocenters. The molecule has 0 saturated carbocycles. The van der Waals surface area contributed by atoms with Crippen LogP contribution in [0.15, 0.2) is 54.6 Å². The minimum atomic E-state index is -3.68. The number of anilines is 1. The first-order valence-electron chi connectivity index (χ1n) is 7.00. The molecule has 116 valence electrons. The molecular weight excluding hydrogens is 393 g/mol. The molecule has 22 heavy (non-hydrogen) atoms. The van der Waals surface area contributed by atoms with Gasteiger partial charge in [0, 0.05) is 5.92 Å². The molecule has 0 aromatic heterocycles. The van der Waals surface area contributed by atoms with Gasteiger partial charge in [-0.25, -0.2) is 6.14 Å². The Bertz CT molecular complexity index is 716. The van der Waals surface area contributed by atoms with E-state index < -0.39 is 19.8 Å². The summed E-state index contributed by atoms with van der Waals surface area (Å²) >= 11 is -3.68. The normalized spacial score (nSPS) is 10.9. The third-order valence-electron chi connectivity index (χ3n) is 3.25. The van der Waals surface area contributed by atoms with E-state index in [1.165, 1.54) is 0 Å². The third-order valence-corrected chi connectivity index (χ3v) is 5.11. The van der Waals surface area contributed by atoms with Gasteiger partial charge < -0.3 is 4.90 Å². The van der Waals surface area contributed by atoms with E-state index >= 15 is 0 Å². The SMILES string of the molecule is CC(C)C(=O)N(Cc1ccccc1)c1ccccc1I(=O)=O. The van der Waals surface area contributed by atoms with E-state index in [1.807, 2.05) is 44.2 Å². The second-order valence-corrected chi connectivity index (χ2v) is 7.64. The molecule has 2 aromatic carbocycles. The fourth-order valence-corrected chi connectivity index (χ4v) is 3.58. The van der Waals surface area contributed by atoms with Gasteiger partial charge in [0.25, 0.3) is 0 Å². The molecule has 0 bridgehead atoms. The molecule has 0 aliphatic heterocycles. The molecule has 0 aliphatic rings. The molecule has 0 saturated heterocycles. The lowest BCUT2D eigenvalue weighted by atomic mass is 10.1. The molecule has 0 heterocycles. The number of halogens is 1. The van der Waals surface area contributed by atoms with Gasteiger partial charge >= 0.3 is 19.8 Å². The van der Waals surface area contributed by atoms with Crippen molar-refractivity contribution >= 4 is 31.4 Å². The monoisotopic (exact) mass is 411 g/mol. The first-order chi connectivity index (χ1) is 10.5. The number of para-hydroxylation sites is 1. The van der Waals surface area contributed by atoms with Gasteiger partial charge in [-0.05, 0) is 17.7 Å². The maximum absolute atomic E-state index is 12.6. The fraction of sp³-hybridized carbons (Fsp3) is 0.235. The van der Waals surface area contributed by atoms with Crippen LogP contribution in [0.25, 0.3) is 0 Å². The van der Waals surface area contributed by atoms with Crippen molar-refractivity contribution in [2.75, 3.05) is 4.90 Å². The zero-order chi connectivity index (χ0) is 16.1. The van der Waals surface area contributed by atoms with Crippen LogP contribution in [0.2, 0.25) is 0 Å². The van der Waals surface area contributed by atoms with Crippen molar-refractivity contribution < 1.29 is 10.9 Å². The Morgan fingerprint density at radius 1 is 1.00 bits per heavy atom. The van der Waals surface area contributed by atoms with Crippen LogP contribution in [0.3, 0.4) is 0 Å². The van der Waals surface area contributed by atoms with Crippen LogP contribution in [0.1, 0.15) is 19.4 Å². The van der Waals surface area contributed by atoms with Crippen molar-refractivity contribution in [1.82, 2.24) is 0 Å². The third kappa shape index (κ3) is 3.91. The number of benzene rings is 2. The van der Waals surface area contributed by atoms with Gasteiger partial charge in [0.2, 0.25) is 5.91 Å². The van der Waals surface area contributed by atoms with Crippen molar-refractivity contribution in [3.05, 3.63) is 63.7 Å². The highest BCUT2D eigenvalue weighted by Crippen LogP contribution is 2.30. The first kappa shape index (κ1) is 16.6. The molecule has 2 rings (SSSR count). The molecule has 5 heteroatoms. The van der Waals surface area contributed by atoms with Crippen LogP contribution in [0.4, 0.5) is 5.69 Å². The van der Waals surface area contributed by atoms with Crippen LogP contribution in [0, 0.1) is 9.49 Å². The number of amides is 1. The topological polar surface area (TPSA) is 54.5 Å². The first-order valence-corrected chi connectivity index (χ1v) is 9.84. The van der Waals surface area contributed by atoms with Crippen LogP contribution in [-0.4, -0.2) is 5.91 Å². The predicted molar refractivity (Wildman–Crippen MR) is 93.0 cm³/mol. The van der Waals surface area contributed by atoms with E-state index in [2.05, 4.69) is 0 Å². The van der Waals surface area contributed by atoms with Crippen LogP contribution < -0.4 is 4.90 Å². The number of carbonyl (C=O) groups is 1. The summed E-state index contributed by atoms with van der Waals surface area (Å²) in [7, 11) is 0. The zero-order valence-corrected chi connectivity index (χ0v) is 14.7. The van der Waals surface area contributed by atoms with E-state index in [4.69, 9.17) is 0 Å². The molecule has 0 spiro atoms. The van der Waals surface area contributed by atoms with Crippen LogP contribution in [0.5, 0.6) is 0 Å². The van der Waals surface area contributed by atoms with Crippen molar-refractivity contribution in [3.8, 4) is 0 Å². The van der Waals surface area contributed by atoms with Gasteiger partial charge in [-0.15, -0.1) is 0 Å². The van der Waals surface area contributed by atoms with Gasteiger partial charge in [0.1, 0.15) is 3.57 Å². The lowest BCUT2D eigenvalue weighted by molar-refractivity contribution is -0.121. The quantitative estimate of drug-likeness (QED) is 0.692. The van der Waals surface area contributed by atoms with Gasteiger partial charge in [-0.2, -0.15) is 0 Å². The summed E-state index contributed by atoms with van der Waals surface area (Å²) < 4.78 is 23.4. The van der Waals surface area contributed by atoms with E-state index in [9.17, 15) is 10.9 Å². The van der Waals surface area contributed by atoms with Crippen molar-refractivity contribution in [1.29, 1.82) is 0 Å². The number of carbonyl (C=O) groups excluding carboxylic acids is 1. The maximum atomic E-state index is 12.6. The molecule has 0 aliphatic carbocycles. The molecule has 0 N–H and O–H groups in total. The molecular formula is C17H18INO3. The Kier molecular flexibility index (Phi) is 5.65. The molecule has 0 radical (unpaired) electrons. The molecule has 0 fully saturated rings. The highest BCUT2D eigenvalue weighted by atomic mass is 127. The van der Waals surface area contributed by atoms with E-state index in [-0.39, 0.29) is 15.4 Å². The maximum Gasteiger partial charge on any atom is 0.342 e. The summed E-state index contributed by atoms with van der Waals surface area (Å²) in [6.45, 7) is 3.99. The fourth-order valence-electron chi connectivity index (χ4n) is 2.16. The average molecular weight is 411 g/mol. The standard InChI is InChI=1S/C17H18INO3/c1-13(2)17(20)19(12-14-8-4-3-5-9-14)16-11-7-6-10-15(16)18(21)22/h3-11,13H,12H2,1-2H3. The molecule has 4 nitrogen and oxygen atoms in total. The second kappa shape index (κ2) is 7.49. The van der Waals surface area contributed by atoms with Gasteiger partial charge in [-0.3, -0.25) is 4.79 Å². The van der Waals surface area contributed by atoms with Crippen molar-refractivity contribution in [2.24, 2.45) is 5.92 Å². The highest BCUT2D eigenvalue weighted by molar-refractivity contribution is 14.2. The van der Waals surface area contributed by atoms with Gasteiger partial charge in [-0.1, -0.05) is 56.3 Å². The Hall–Kier alpha value is -1.76. The summed E-state index contributed by atoms with van der Waals surface area (Å²) in [5, 5.41) is 0. The lowest BCUT2D eigenvalue weighted by Crippen LogP contribution is -2.34. The highest BCUT2D eigenvalue weighted by Gasteiger charge is 2.22. The Morgan fingerprint density at radius 2 is 1.59 bits per heavy atom. The van der Waals surface area contributed by atoms with Crippen LogP contribution in [-0.2, 0) is 17.5 Å². The lowest BCUT2D eigenvalue weighted by Gasteiger charge is -2.25. The number of hydrogen-bond acceptors (Lipinski definition) is 3. The van der Waals surface area contributed by atoms with Crippen molar-refractivity contribution in [3.63, 3.8) is 0 Å². The Morgan fingerprint density at radius 3 is 2.18 bits per heavy atom. The van der Waals surface area contributed by atoms with Gasteiger partial charge in [0.15, 0.2) is 0 Å². The minimum Gasteiger partial charge on any atom is -0.307 e. The molecule has 0 unspecified atom stereocenters. The van der Waals surface area contributed by atoms with E-state index in [0.29, 0.717) is 12.2 Å². The van der Waals surface area contributed by atoms with Gasteiger partial charge in [0.05, 0.1) is 12.2 Å². The van der Waals surface area contributed by atoms with Crippen LogP contribution >= 0.6 is 19.8 Å². The molecule has 2 aromatic rings. The van der Waals surface area contributed by atoms with E-state index in [0.717, 1.165) is 5.56 Å². The minimum absolute atomic E-state index is 0.0889. The number of rotatable bonds is 5. The molecule has 1 amide bonds. The van der Waals surface area contributed by atoms with E-state index in [1.54, 1.807) is 29.2 Å². The number of hydrogen-bond donors (Lipinski definition) is 0. The summed E-state index contributed by atoms with van der Waals surface area (Å²) in [4.78, 5) is 14.1. The Labute approximate surface area is 137 Å². The smallest absolute Gasteiger partial charge is 0.307 e. The zero-order valence-electron chi connectivity index (χ0n) is 12.5. The summed E-state index contributed by atoms with van der Waals surface area (Å²) in [6.07, 6.45) is 0. The Balaban J connectivity index is 2.48. The second-order valence-electron chi connectivity index (χ2n) is 5.23.